The molecule has 1 aliphatic heterocycles. The molecule has 1 atom stereocenters. The number of methoxy groups -OCH3 is 1. The number of carbonyl (C=O) groups excluding carboxylic acids is 1. The third-order valence-corrected chi connectivity index (χ3v) is 4.72. The molecule has 1 saturated heterocycles. The van der Waals surface area contributed by atoms with Gasteiger partial charge in [-0.2, -0.15) is 5.10 Å². The third-order valence-electron chi connectivity index (χ3n) is 4.72. The summed E-state index contributed by atoms with van der Waals surface area (Å²) in [5.41, 5.74) is 2.03. The van der Waals surface area contributed by atoms with Crippen molar-refractivity contribution in [1.82, 2.24) is 14.7 Å². The summed E-state index contributed by atoms with van der Waals surface area (Å²) in [6, 6.07) is 7.35. The van der Waals surface area contributed by atoms with Crippen LogP contribution in [0.25, 0.3) is 5.69 Å². The zero-order chi connectivity index (χ0) is 20.1. The predicted octanol–water partition coefficient (Wildman–Crippen LogP) is 2.29. The van der Waals surface area contributed by atoms with Gasteiger partial charge in [0.25, 0.3) is 5.91 Å². The Bertz CT molecular complexity index is 842. The number of hydrogen-bond acceptors (Lipinski definition) is 5. The Morgan fingerprint density at radius 3 is 2.89 bits per heavy atom. The topological polar surface area (TPSA) is 93.9 Å². The molecule has 0 aliphatic carbocycles. The van der Waals surface area contributed by atoms with E-state index in [1.165, 1.54) is 4.90 Å². The minimum Gasteiger partial charge on any atom is -0.494 e. The van der Waals surface area contributed by atoms with Crippen LogP contribution in [0.1, 0.15) is 35.3 Å². The lowest BCUT2D eigenvalue weighted by molar-refractivity contribution is -0.137. The maximum absolute atomic E-state index is 13.0. The summed E-state index contributed by atoms with van der Waals surface area (Å²) in [5, 5.41) is 13.4. The van der Waals surface area contributed by atoms with Gasteiger partial charge in [0.15, 0.2) is 5.69 Å². The fourth-order valence-corrected chi connectivity index (χ4v) is 3.25. The van der Waals surface area contributed by atoms with Crippen molar-refractivity contribution < 1.29 is 24.2 Å². The molecule has 0 unspecified atom stereocenters. The normalized spacial score (nSPS) is 16.1. The van der Waals surface area contributed by atoms with E-state index in [1.54, 1.807) is 24.1 Å². The monoisotopic (exact) mass is 387 g/mol. The van der Waals surface area contributed by atoms with Gasteiger partial charge in [0.2, 0.25) is 0 Å². The summed E-state index contributed by atoms with van der Waals surface area (Å²) in [5.74, 6) is -0.600. The van der Waals surface area contributed by atoms with E-state index in [4.69, 9.17) is 14.6 Å². The van der Waals surface area contributed by atoms with Crippen molar-refractivity contribution in [3.63, 3.8) is 0 Å². The van der Waals surface area contributed by atoms with Crippen molar-refractivity contribution in [3.8, 4) is 11.4 Å². The summed E-state index contributed by atoms with van der Waals surface area (Å²) in [4.78, 5) is 25.5. The van der Waals surface area contributed by atoms with Gasteiger partial charge in [-0.05, 0) is 43.5 Å². The second kappa shape index (κ2) is 8.88. The van der Waals surface area contributed by atoms with Gasteiger partial charge in [-0.15, -0.1) is 0 Å². The van der Waals surface area contributed by atoms with Crippen LogP contribution in [0.15, 0.2) is 30.5 Å². The number of aliphatic carboxylic acids is 1. The maximum atomic E-state index is 13.0. The minimum absolute atomic E-state index is 0.0586. The molecule has 8 heteroatoms. The second-order valence-electron chi connectivity index (χ2n) is 6.85. The highest BCUT2D eigenvalue weighted by Gasteiger charge is 2.25. The van der Waals surface area contributed by atoms with Gasteiger partial charge in [-0.1, -0.05) is 6.07 Å². The molecule has 150 valence electrons. The molecule has 28 heavy (non-hydrogen) atoms. The second-order valence-corrected chi connectivity index (χ2v) is 6.85. The zero-order valence-corrected chi connectivity index (χ0v) is 16.1. The number of hydrogen-bond donors (Lipinski definition) is 1. The first kappa shape index (κ1) is 19.9. The number of carboxylic acids is 1. The highest BCUT2D eigenvalue weighted by Crippen LogP contribution is 2.24. The van der Waals surface area contributed by atoms with Crippen LogP contribution in [-0.2, 0) is 9.53 Å². The van der Waals surface area contributed by atoms with Crippen LogP contribution in [0.2, 0.25) is 0 Å². The van der Waals surface area contributed by atoms with Gasteiger partial charge in [0.05, 0.1) is 19.6 Å². The van der Waals surface area contributed by atoms with E-state index in [1.807, 2.05) is 25.1 Å². The Labute approximate surface area is 163 Å². The Morgan fingerprint density at radius 1 is 1.39 bits per heavy atom. The third kappa shape index (κ3) is 4.69. The molecule has 1 fully saturated rings. The van der Waals surface area contributed by atoms with E-state index in [9.17, 15) is 9.59 Å². The molecular formula is C20H25N3O5. The molecule has 1 aromatic heterocycles. The molecule has 1 aliphatic rings. The molecule has 1 N–H and O–H groups in total. The van der Waals surface area contributed by atoms with Crippen molar-refractivity contribution in [2.45, 2.75) is 32.3 Å². The van der Waals surface area contributed by atoms with Crippen molar-refractivity contribution in [2.24, 2.45) is 0 Å². The first-order valence-corrected chi connectivity index (χ1v) is 9.31. The molecule has 1 amide bonds. The maximum Gasteiger partial charge on any atom is 0.305 e. The van der Waals surface area contributed by atoms with E-state index < -0.39 is 5.97 Å². The highest BCUT2D eigenvalue weighted by atomic mass is 16.5. The number of carbonyl (C=O) groups is 2. The van der Waals surface area contributed by atoms with Crippen LogP contribution in [0, 0.1) is 6.92 Å². The average Bonchev–Trinajstić information content (AvgIpc) is 3.36. The minimum atomic E-state index is -0.944. The number of ether oxygens (including phenoxy) is 2. The van der Waals surface area contributed by atoms with E-state index >= 15 is 0 Å². The lowest BCUT2D eigenvalue weighted by atomic mass is 10.2. The Morgan fingerprint density at radius 2 is 2.21 bits per heavy atom. The molecule has 0 saturated carbocycles. The lowest BCUT2D eigenvalue weighted by Crippen LogP contribution is -2.39. The molecule has 0 spiro atoms. The van der Waals surface area contributed by atoms with Gasteiger partial charge >= 0.3 is 5.97 Å². The number of nitrogens with zero attached hydrogens (tertiary/aromatic N) is 3. The van der Waals surface area contributed by atoms with Gasteiger partial charge in [0, 0.05) is 25.9 Å². The fourth-order valence-electron chi connectivity index (χ4n) is 3.25. The van der Waals surface area contributed by atoms with Crippen LogP contribution in [0.5, 0.6) is 5.75 Å². The molecular weight excluding hydrogens is 362 g/mol. The first-order chi connectivity index (χ1) is 13.5. The molecule has 3 rings (SSSR count). The standard InChI is InChI=1S/C20H25N3O5/c1-14-5-6-18(27-2)17(12-14)23-10-7-16(21-23)20(26)22(9-8-19(24)25)13-15-4-3-11-28-15/h5-7,10,12,15H,3-4,8-9,11,13H2,1-2H3,(H,24,25)/t15-/m1/s1. The van der Waals surface area contributed by atoms with Crippen LogP contribution in [0.3, 0.4) is 0 Å². The smallest absolute Gasteiger partial charge is 0.305 e. The predicted molar refractivity (Wildman–Crippen MR) is 102 cm³/mol. The summed E-state index contributed by atoms with van der Waals surface area (Å²) >= 11 is 0. The number of carboxylic acid groups (broad SMARTS) is 1. The quantitative estimate of drug-likeness (QED) is 0.747. The van der Waals surface area contributed by atoms with Crippen LogP contribution in [-0.4, -0.2) is 64.6 Å². The Kier molecular flexibility index (Phi) is 6.30. The zero-order valence-electron chi connectivity index (χ0n) is 16.1. The van der Waals surface area contributed by atoms with E-state index in [0.29, 0.717) is 18.9 Å². The number of aryl methyl sites for hydroxylation is 1. The number of aromatic nitrogens is 2. The first-order valence-electron chi connectivity index (χ1n) is 9.31. The number of rotatable bonds is 8. The van der Waals surface area contributed by atoms with Gasteiger partial charge in [0.1, 0.15) is 11.4 Å². The SMILES string of the molecule is COc1ccc(C)cc1-n1ccc(C(=O)N(CCC(=O)O)C[C@H]2CCCO2)n1. The van der Waals surface area contributed by atoms with Gasteiger partial charge in [-0.25, -0.2) is 4.68 Å². The van der Waals surface area contributed by atoms with Crippen LogP contribution >= 0.6 is 0 Å². The highest BCUT2D eigenvalue weighted by molar-refractivity contribution is 5.92. The van der Waals surface area contributed by atoms with Crippen LogP contribution < -0.4 is 4.74 Å². The van der Waals surface area contributed by atoms with Gasteiger partial charge < -0.3 is 19.5 Å². The Hall–Kier alpha value is -2.87. The van der Waals surface area contributed by atoms with Crippen molar-refractivity contribution in [1.29, 1.82) is 0 Å². The number of amides is 1. The Balaban J connectivity index is 1.81. The molecule has 8 nitrogen and oxygen atoms in total. The largest absolute Gasteiger partial charge is 0.494 e. The lowest BCUT2D eigenvalue weighted by Gasteiger charge is -2.24. The fraction of sp³-hybridized carbons (Fsp3) is 0.450. The van der Waals surface area contributed by atoms with Crippen molar-refractivity contribution in [2.75, 3.05) is 26.8 Å². The van der Waals surface area contributed by atoms with E-state index in [-0.39, 0.29) is 30.7 Å². The molecule has 0 radical (unpaired) electrons. The van der Waals surface area contributed by atoms with Crippen molar-refractivity contribution >= 4 is 11.9 Å². The summed E-state index contributed by atoms with van der Waals surface area (Å²) in [7, 11) is 1.58. The van der Waals surface area contributed by atoms with Crippen LogP contribution in [0.4, 0.5) is 0 Å². The summed E-state index contributed by atoms with van der Waals surface area (Å²) in [6.07, 6.45) is 3.34. The number of benzene rings is 1. The molecule has 2 aromatic rings. The average molecular weight is 387 g/mol. The summed E-state index contributed by atoms with van der Waals surface area (Å²) < 4.78 is 12.6. The summed E-state index contributed by atoms with van der Waals surface area (Å²) in [6.45, 7) is 3.13. The molecule has 1 aromatic carbocycles. The molecule has 2 heterocycles. The molecule has 0 bridgehead atoms. The van der Waals surface area contributed by atoms with Crippen molar-refractivity contribution in [3.05, 3.63) is 41.7 Å². The van der Waals surface area contributed by atoms with E-state index in [0.717, 1.165) is 24.1 Å². The van der Waals surface area contributed by atoms with E-state index in [2.05, 4.69) is 5.10 Å². The van der Waals surface area contributed by atoms with Gasteiger partial charge in [-0.3, -0.25) is 9.59 Å².